The van der Waals surface area contributed by atoms with Crippen LogP contribution in [0.4, 0.5) is 0 Å². The van der Waals surface area contributed by atoms with Gasteiger partial charge in [0.05, 0.1) is 34.0 Å². The molecule has 0 aromatic heterocycles. The molecule has 5 nitrogen and oxygen atoms in total. The summed E-state index contributed by atoms with van der Waals surface area (Å²) in [7, 11) is 3.41. The highest BCUT2D eigenvalue weighted by Crippen LogP contribution is 2.61. The molecule has 3 aliphatic carbocycles. The van der Waals surface area contributed by atoms with Gasteiger partial charge in [-0.2, -0.15) is 0 Å². The van der Waals surface area contributed by atoms with Crippen LogP contribution in [-0.4, -0.2) is 64.8 Å². The van der Waals surface area contributed by atoms with E-state index < -0.39 is 0 Å². The lowest BCUT2D eigenvalue weighted by molar-refractivity contribution is -0.947. The first kappa shape index (κ1) is 26.8. The molecule has 0 N–H and O–H groups in total. The van der Waals surface area contributed by atoms with Crippen molar-refractivity contribution >= 4 is 0 Å². The van der Waals surface area contributed by atoms with E-state index in [1.54, 1.807) is 14.2 Å². The van der Waals surface area contributed by atoms with Crippen LogP contribution in [0.15, 0.2) is 12.1 Å². The second-order valence-electron chi connectivity index (χ2n) is 11.0. The number of hydrogen-bond acceptors (Lipinski definition) is 4. The van der Waals surface area contributed by atoms with E-state index in [0.717, 1.165) is 86.3 Å². The summed E-state index contributed by atoms with van der Waals surface area (Å²) in [4.78, 5) is 0. The Balaban J connectivity index is 0.00000306. The van der Waals surface area contributed by atoms with Crippen molar-refractivity contribution in [1.82, 2.24) is 0 Å². The van der Waals surface area contributed by atoms with Crippen molar-refractivity contribution < 1.29 is 40.4 Å². The zero-order chi connectivity index (χ0) is 22.8. The van der Waals surface area contributed by atoms with E-state index >= 15 is 0 Å². The van der Waals surface area contributed by atoms with E-state index in [1.807, 2.05) is 0 Å². The number of halogens is 1. The Labute approximate surface area is 211 Å². The lowest BCUT2D eigenvalue weighted by Crippen LogP contribution is -3.00. The van der Waals surface area contributed by atoms with Gasteiger partial charge >= 0.3 is 0 Å². The van der Waals surface area contributed by atoms with Crippen molar-refractivity contribution in [3.8, 4) is 11.5 Å². The quantitative estimate of drug-likeness (QED) is 0.345. The third kappa shape index (κ3) is 5.71. The molecule has 0 amide bonds. The first-order chi connectivity index (χ1) is 15.4. The second kappa shape index (κ2) is 11.3. The third-order valence-electron chi connectivity index (χ3n) is 9.11. The molecule has 1 aromatic rings. The number of ether oxygens (including phenoxy) is 4. The third-order valence-corrected chi connectivity index (χ3v) is 9.11. The van der Waals surface area contributed by atoms with Crippen LogP contribution >= 0.6 is 0 Å². The minimum Gasteiger partial charge on any atom is -1.00 e. The summed E-state index contributed by atoms with van der Waals surface area (Å²) in [6, 6.07) is 4.25. The molecule has 0 spiro atoms. The van der Waals surface area contributed by atoms with Crippen LogP contribution < -0.4 is 26.5 Å². The van der Waals surface area contributed by atoms with Gasteiger partial charge in [0, 0.05) is 12.2 Å². The number of fused-ring (bicyclic) bond motifs is 2. The molecule has 4 fully saturated rings. The molecule has 1 aromatic carbocycles. The molecule has 1 heterocycles. The van der Waals surface area contributed by atoms with Crippen LogP contribution in [0.3, 0.4) is 0 Å². The SMILES string of the molecule is COc1cc(C)c(C[N+]2(CCOCCC3CCC4CC3C4(C)C)CCOCC2)cc1OC.[Br-]. The first-order valence-corrected chi connectivity index (χ1v) is 12.6. The molecular formula is C27H44BrNO4. The van der Waals surface area contributed by atoms with Gasteiger partial charge in [0.15, 0.2) is 11.5 Å². The lowest BCUT2D eigenvalue weighted by Gasteiger charge is -2.60. The van der Waals surface area contributed by atoms with Crippen LogP contribution in [0.1, 0.15) is 50.7 Å². The van der Waals surface area contributed by atoms with Gasteiger partial charge in [0.2, 0.25) is 0 Å². The highest BCUT2D eigenvalue weighted by atomic mass is 79.9. The monoisotopic (exact) mass is 525 g/mol. The minimum absolute atomic E-state index is 0. The zero-order valence-corrected chi connectivity index (χ0v) is 22.9. The predicted molar refractivity (Wildman–Crippen MR) is 127 cm³/mol. The van der Waals surface area contributed by atoms with Crippen LogP contribution in [0.5, 0.6) is 11.5 Å². The number of benzene rings is 1. The topological polar surface area (TPSA) is 36.9 Å². The molecule has 1 aliphatic heterocycles. The van der Waals surface area contributed by atoms with Crippen molar-refractivity contribution in [2.45, 2.75) is 53.0 Å². The van der Waals surface area contributed by atoms with E-state index in [0.29, 0.717) is 5.41 Å². The number of quaternary nitrogens is 1. The van der Waals surface area contributed by atoms with Crippen molar-refractivity contribution in [1.29, 1.82) is 0 Å². The van der Waals surface area contributed by atoms with Crippen molar-refractivity contribution in [3.05, 3.63) is 23.3 Å². The van der Waals surface area contributed by atoms with Crippen LogP contribution in [-0.2, 0) is 16.0 Å². The Hall–Kier alpha value is -0.820. The standard InChI is InChI=1S/C27H44NO4.BrH/c1-20-16-25(29-4)26(30-5)17-22(20)19-28(10-14-32-15-11-28)9-13-31-12-8-21-6-7-23-18-24(21)27(23,2)3;/h16-17,21,23-24H,6-15,18-19H2,1-5H3;1H/q+1;/p-1. The number of aryl methyl sites for hydroxylation is 1. The first-order valence-electron chi connectivity index (χ1n) is 12.6. The average molecular weight is 527 g/mol. The Bertz CT molecular complexity index is 776. The van der Waals surface area contributed by atoms with E-state index in [4.69, 9.17) is 18.9 Å². The molecule has 33 heavy (non-hydrogen) atoms. The summed E-state index contributed by atoms with van der Waals surface area (Å²) >= 11 is 0. The minimum atomic E-state index is 0. The highest BCUT2D eigenvalue weighted by molar-refractivity contribution is 5.46. The van der Waals surface area contributed by atoms with Gasteiger partial charge in [-0.25, -0.2) is 0 Å². The predicted octanol–water partition coefficient (Wildman–Crippen LogP) is 1.84. The Morgan fingerprint density at radius 2 is 1.73 bits per heavy atom. The van der Waals surface area contributed by atoms with Crippen LogP contribution in [0, 0.1) is 30.1 Å². The summed E-state index contributed by atoms with van der Waals surface area (Å²) in [5, 5.41) is 0. The lowest BCUT2D eigenvalue weighted by atomic mass is 9.45. The molecule has 3 atom stereocenters. The molecule has 1 saturated heterocycles. The summed E-state index contributed by atoms with van der Waals surface area (Å²) < 4.78 is 24.0. The number of hydrogen-bond donors (Lipinski definition) is 0. The highest BCUT2D eigenvalue weighted by Gasteiger charge is 2.53. The Morgan fingerprint density at radius 3 is 2.36 bits per heavy atom. The van der Waals surface area contributed by atoms with Gasteiger partial charge in [-0.3, -0.25) is 0 Å². The summed E-state index contributed by atoms with van der Waals surface area (Å²) in [6.07, 6.45) is 5.54. The van der Waals surface area contributed by atoms with Gasteiger partial charge in [0.1, 0.15) is 26.2 Å². The molecule has 3 saturated carbocycles. The van der Waals surface area contributed by atoms with Crippen LogP contribution in [0.2, 0.25) is 0 Å². The van der Waals surface area contributed by atoms with Gasteiger partial charge in [-0.05, 0) is 73.5 Å². The van der Waals surface area contributed by atoms with Gasteiger partial charge < -0.3 is 40.4 Å². The van der Waals surface area contributed by atoms with Crippen molar-refractivity contribution in [3.63, 3.8) is 0 Å². The maximum absolute atomic E-state index is 6.25. The fraction of sp³-hybridized carbons (Fsp3) is 0.778. The summed E-state index contributed by atoms with van der Waals surface area (Å²) in [6.45, 7) is 14.6. The van der Waals surface area contributed by atoms with E-state index in [-0.39, 0.29) is 17.0 Å². The molecule has 6 heteroatoms. The number of nitrogens with zero attached hydrogens (tertiary/aromatic N) is 1. The Morgan fingerprint density at radius 1 is 1.03 bits per heavy atom. The molecule has 0 radical (unpaired) electrons. The zero-order valence-electron chi connectivity index (χ0n) is 21.3. The molecule has 5 rings (SSSR count). The average Bonchev–Trinajstić information content (AvgIpc) is 2.80. The summed E-state index contributed by atoms with van der Waals surface area (Å²) in [5.74, 6) is 4.39. The number of methoxy groups -OCH3 is 2. The number of rotatable bonds is 10. The largest absolute Gasteiger partial charge is 1.00 e. The van der Waals surface area contributed by atoms with E-state index in [1.165, 1.54) is 36.8 Å². The Kier molecular flexibility index (Phi) is 9.15. The van der Waals surface area contributed by atoms with Gasteiger partial charge in [-0.15, -0.1) is 0 Å². The normalized spacial score (nSPS) is 27.2. The van der Waals surface area contributed by atoms with Crippen molar-refractivity contribution in [2.75, 3.05) is 60.3 Å². The maximum Gasteiger partial charge on any atom is 0.161 e. The maximum atomic E-state index is 6.25. The molecule has 4 aliphatic rings. The molecule has 2 bridgehead atoms. The van der Waals surface area contributed by atoms with Crippen molar-refractivity contribution in [2.24, 2.45) is 23.2 Å². The van der Waals surface area contributed by atoms with Gasteiger partial charge in [-0.1, -0.05) is 13.8 Å². The second-order valence-corrected chi connectivity index (χ2v) is 11.0. The smallest absolute Gasteiger partial charge is 0.161 e. The molecular weight excluding hydrogens is 482 g/mol. The number of morpholine rings is 1. The molecule has 3 unspecified atom stereocenters. The van der Waals surface area contributed by atoms with Crippen LogP contribution in [0.25, 0.3) is 0 Å². The fourth-order valence-electron chi connectivity index (χ4n) is 6.65. The summed E-state index contributed by atoms with van der Waals surface area (Å²) in [5.41, 5.74) is 3.16. The molecule has 188 valence electrons. The van der Waals surface area contributed by atoms with Gasteiger partial charge in [0.25, 0.3) is 0 Å². The van der Waals surface area contributed by atoms with E-state index in [2.05, 4.69) is 32.9 Å². The fourth-order valence-corrected chi connectivity index (χ4v) is 6.65. The van der Waals surface area contributed by atoms with E-state index in [9.17, 15) is 0 Å².